The Morgan fingerprint density at radius 3 is 1.86 bits per heavy atom. The molecule has 3 saturated heterocycles. The van der Waals surface area contributed by atoms with Crippen LogP contribution in [0.5, 0.6) is 0 Å². The van der Waals surface area contributed by atoms with Crippen LogP contribution in [0.15, 0.2) is 211 Å². The average Bonchev–Trinajstić information content (AvgIpc) is 1.52. The van der Waals surface area contributed by atoms with Crippen LogP contribution in [0, 0.1) is 41.2 Å². The van der Waals surface area contributed by atoms with Crippen LogP contribution in [-0.4, -0.2) is 146 Å². The number of fused-ring (bicyclic) bond motifs is 6. The molecule has 4 heterocycles. The standard InChI is InChI=1S/C25H34N2O4.C24H28N2.C19H23F2N.C18H27N.C16H22ClNO.C7H13NO/c1-6-17-14-26-12-11-25(22(26)13-18(17)19(15-30-4)23(28)31-5)20-9-7-8-10-21(20)27(16(2)3)24(25)29;1-5-19-10-8-13-21(17-19)26(4)24(16-18(2)3)25-23-15-9-12-20-11-6-7-14-22(20)23;1-14(2)22(3)11-10-19(15-6-4-8-17(20)12-15)16-7-5-9-18(21)13-16;1-15(2)19-14-8-12-17-11-6-7-13-18(17,19)16-9-4-3-5-10-16;1-12(2)18(3)16(11-7-6-10-15(16)19)13-8-4-5-9-14(13)17;1-5(2)6(9)7(8)3-4-7/h7-10,15-18,22H,6,11-14H2,1-5H3;6-15,17-18H,5,16H2,1-4H3;4-9,12-14,19H,10-11H2,1-3H3;3-5,9-10,15,17H,6-8,11-14H2,1-2H3;4-5,8-9,12H,6-7,10-11H2,1-3H3;5H,3-4,8H2,1-2H3/b19-15+;;;;;/t17-,18-,22-,25+;;;;;/m0...../s1. The second kappa shape index (κ2) is 45.5. The number of ketones is 2. The smallest absolute Gasteiger partial charge is 0.337 e. The van der Waals surface area contributed by atoms with E-state index in [9.17, 15) is 28.0 Å². The topological polar surface area (TPSA) is 145 Å². The van der Waals surface area contributed by atoms with Crippen molar-refractivity contribution in [1.82, 2.24) is 19.6 Å². The quantitative estimate of drug-likeness (QED) is 0.0214. The minimum atomic E-state index is -0.549. The number of amides is 1. The number of likely N-dealkylation sites (N-methyl/N-ethyl adjacent to an activating group) is 1. The maximum Gasteiger partial charge on any atom is 0.337 e. The molecule has 3 unspecified atom stereocenters. The second-order valence-electron chi connectivity index (χ2n) is 38.1. The minimum absolute atomic E-state index is 0.00156. The molecule has 14 nitrogen and oxygen atoms in total. The Kier molecular flexibility index (Phi) is 35.9. The van der Waals surface area contributed by atoms with Gasteiger partial charge in [0.05, 0.1) is 42.7 Å². The molecule has 1 spiro atoms. The number of aliphatic imine (C=N–C) groups is 1. The van der Waals surface area contributed by atoms with Gasteiger partial charge in [0.2, 0.25) is 5.91 Å². The van der Waals surface area contributed by atoms with E-state index in [1.807, 2.05) is 74.3 Å². The third kappa shape index (κ3) is 23.1. The summed E-state index contributed by atoms with van der Waals surface area (Å²) in [6.45, 7) is 34.0. The van der Waals surface area contributed by atoms with Crippen LogP contribution in [0.2, 0.25) is 5.02 Å². The van der Waals surface area contributed by atoms with Crippen LogP contribution in [0.3, 0.4) is 0 Å². The van der Waals surface area contributed by atoms with E-state index in [2.05, 4.69) is 231 Å². The lowest BCUT2D eigenvalue weighted by Gasteiger charge is -2.57. The second-order valence-corrected chi connectivity index (χ2v) is 38.5. The van der Waals surface area contributed by atoms with E-state index in [4.69, 9.17) is 31.8 Å². The summed E-state index contributed by atoms with van der Waals surface area (Å²) in [6, 6.07) is 65.7. The molecule has 3 aliphatic carbocycles. The van der Waals surface area contributed by atoms with Crippen LogP contribution >= 0.6 is 11.6 Å². The van der Waals surface area contributed by atoms with Gasteiger partial charge in [-0.15, -0.1) is 0 Å². The predicted molar refractivity (Wildman–Crippen MR) is 518 cm³/mol. The first-order chi connectivity index (χ1) is 60.3. The molecule has 0 bridgehead atoms. The third-order valence-electron chi connectivity index (χ3n) is 28.1. The molecule has 3 saturated carbocycles. The van der Waals surface area contributed by atoms with E-state index < -0.39 is 16.5 Å². The predicted octanol–water partition coefficient (Wildman–Crippen LogP) is 24.2. The normalized spacial score (nSPS) is 22.1. The van der Waals surface area contributed by atoms with E-state index in [1.165, 1.54) is 86.3 Å². The Balaban J connectivity index is 0.000000162. The summed E-state index contributed by atoms with van der Waals surface area (Å²) >= 11 is 6.38. The van der Waals surface area contributed by atoms with Gasteiger partial charge < -0.3 is 29.9 Å². The number of halogens is 3. The maximum atomic E-state index is 14.0. The van der Waals surface area contributed by atoms with Gasteiger partial charge in [0.1, 0.15) is 23.0 Å². The fourth-order valence-electron chi connectivity index (χ4n) is 20.8. The maximum absolute atomic E-state index is 14.0. The summed E-state index contributed by atoms with van der Waals surface area (Å²) in [6.07, 6.45) is 20.7. The van der Waals surface area contributed by atoms with Crippen molar-refractivity contribution in [3.63, 3.8) is 0 Å². The zero-order valence-electron chi connectivity index (χ0n) is 79.3. The highest BCUT2D eigenvalue weighted by atomic mass is 35.5. The number of hydrogen-bond donors (Lipinski definition) is 1. The number of carbonyl (C=O) groups excluding carboxylic acids is 4. The molecule has 126 heavy (non-hydrogen) atoms. The largest absolute Gasteiger partial charge is 0.504 e. The Morgan fingerprint density at radius 1 is 0.651 bits per heavy atom. The minimum Gasteiger partial charge on any atom is -0.504 e. The SMILES string of the molecule is CC(C)C(=O)C1(N)CC1.CC(C)N(C)C1(c2ccccc2Cl)CCCCC1=O.CC(C)N(C)CCC(c1cccc(F)c1)c1cccc(F)c1.CC(C)N1CCCC2CCCCC21c1ccccc1.CC[C@H]1CN2CC[C@]3(C(=O)N(C(C)C)c4ccccc43)[C@@H]2C[C@@H]1/C(=C\OC)C(=O)OC.CCc1cccc(N(C)C(CC(C)C)=Nc2cccc3ccccc23)c1. The molecule has 2 N–H and O–H groups in total. The van der Waals surface area contributed by atoms with Crippen LogP contribution in [0.1, 0.15) is 245 Å². The van der Waals surface area contributed by atoms with Crippen molar-refractivity contribution in [2.45, 2.75) is 271 Å². The number of hydrogen-bond acceptors (Lipinski definition) is 12. The molecular formula is C109H147ClF2N8O6. The average molecular weight is 1740 g/mol. The molecule has 680 valence electrons. The number of ether oxygens (including phenoxy) is 2. The van der Waals surface area contributed by atoms with Gasteiger partial charge in [-0.25, -0.2) is 18.6 Å². The first kappa shape index (κ1) is 99.4. The zero-order chi connectivity index (χ0) is 91.4. The molecule has 8 aromatic rings. The molecule has 7 aliphatic rings. The number of carbonyl (C=O) groups is 4. The zero-order valence-corrected chi connectivity index (χ0v) is 80.0. The number of methoxy groups -OCH3 is 2. The molecular weight excluding hydrogens is 1590 g/mol. The monoisotopic (exact) mass is 1740 g/mol. The van der Waals surface area contributed by atoms with Crippen molar-refractivity contribution in [3.8, 4) is 0 Å². The summed E-state index contributed by atoms with van der Waals surface area (Å²) in [7, 11) is 9.21. The van der Waals surface area contributed by atoms with Crippen LogP contribution in [0.25, 0.3) is 10.8 Å². The summed E-state index contributed by atoms with van der Waals surface area (Å²) in [5, 5.41) is 3.13. The lowest BCUT2D eigenvalue weighted by atomic mass is 9.64. The van der Waals surface area contributed by atoms with Crippen molar-refractivity contribution in [2.75, 3.05) is 71.3 Å². The number of likely N-dealkylation sites (tertiary alicyclic amines) is 1. The molecule has 7 atom stereocenters. The van der Waals surface area contributed by atoms with Gasteiger partial charge in [0.25, 0.3) is 0 Å². The van der Waals surface area contributed by atoms with Crippen LogP contribution in [-0.2, 0) is 51.6 Å². The van der Waals surface area contributed by atoms with Crippen molar-refractivity contribution in [2.24, 2.45) is 40.3 Å². The molecule has 4 aliphatic heterocycles. The third-order valence-corrected chi connectivity index (χ3v) is 28.4. The number of aryl methyl sites for hydroxylation is 1. The van der Waals surface area contributed by atoms with Crippen molar-refractivity contribution in [3.05, 3.63) is 256 Å². The molecule has 8 aromatic carbocycles. The van der Waals surface area contributed by atoms with E-state index in [0.29, 0.717) is 58.3 Å². The van der Waals surface area contributed by atoms with Crippen LogP contribution in [0.4, 0.5) is 25.8 Å². The highest BCUT2D eigenvalue weighted by molar-refractivity contribution is 6.31. The van der Waals surface area contributed by atoms with Crippen molar-refractivity contribution < 1.29 is 37.4 Å². The fraction of sp³-hybridized carbons (Fsp3) is 0.514. The molecule has 17 heteroatoms. The van der Waals surface area contributed by atoms with E-state index in [1.54, 1.807) is 43.2 Å². The Labute approximate surface area is 759 Å². The highest BCUT2D eigenvalue weighted by Crippen LogP contribution is 2.57. The molecule has 0 radical (unpaired) electrons. The number of amidine groups is 1. The number of nitrogens with zero attached hydrogens (tertiary/aromatic N) is 7. The number of para-hydroxylation sites is 1. The first-order valence-electron chi connectivity index (χ1n) is 47.0. The van der Waals surface area contributed by atoms with Crippen molar-refractivity contribution in [1.29, 1.82) is 0 Å². The number of rotatable bonds is 23. The number of anilines is 2. The molecule has 6 fully saturated rings. The lowest BCUT2D eigenvalue weighted by molar-refractivity contribution is -0.137. The van der Waals surface area contributed by atoms with Crippen molar-refractivity contribution >= 4 is 68.7 Å². The Hall–Kier alpha value is -8.74. The van der Waals surface area contributed by atoms with Crippen LogP contribution < -0.4 is 15.5 Å². The molecule has 15 rings (SSSR count). The van der Waals surface area contributed by atoms with E-state index >= 15 is 0 Å². The number of esters is 1. The Morgan fingerprint density at radius 2 is 1.27 bits per heavy atom. The number of piperidine rings is 2. The Bertz CT molecular complexity index is 4900. The van der Waals surface area contributed by atoms with Gasteiger partial charge in [-0.3, -0.25) is 29.1 Å². The van der Waals surface area contributed by atoms with Gasteiger partial charge in [0, 0.05) is 95.8 Å². The highest BCUT2D eigenvalue weighted by Gasteiger charge is 2.63. The molecule has 0 aromatic heterocycles. The van der Waals surface area contributed by atoms with Gasteiger partial charge in [-0.2, -0.15) is 0 Å². The van der Waals surface area contributed by atoms with E-state index in [0.717, 1.165) is 136 Å². The summed E-state index contributed by atoms with van der Waals surface area (Å²) < 4.78 is 37.5. The summed E-state index contributed by atoms with van der Waals surface area (Å²) in [5.41, 5.74) is 15.2. The number of benzene rings is 8. The molecule has 1 amide bonds. The number of Topliss-reactive ketones (excluding diaryl/α,β-unsaturated/α-hetero) is 2. The van der Waals surface area contributed by atoms with Gasteiger partial charge in [-0.05, 0) is 283 Å². The van der Waals surface area contributed by atoms with E-state index in [-0.39, 0.29) is 59.1 Å². The van der Waals surface area contributed by atoms with Gasteiger partial charge in [0.15, 0.2) is 11.6 Å². The van der Waals surface area contributed by atoms with Gasteiger partial charge >= 0.3 is 5.97 Å². The first-order valence-corrected chi connectivity index (χ1v) is 47.4. The fourth-order valence-corrected chi connectivity index (χ4v) is 21.1. The summed E-state index contributed by atoms with van der Waals surface area (Å²) in [5.74, 6) is 2.84. The van der Waals surface area contributed by atoms with Gasteiger partial charge in [-0.1, -0.05) is 218 Å². The lowest BCUT2D eigenvalue weighted by Crippen LogP contribution is -2.58. The summed E-state index contributed by atoms with van der Waals surface area (Å²) in [4.78, 5) is 69.5. The number of nitrogens with two attached hydrogens (primary N) is 1.